The molecule has 0 atom stereocenters. The van der Waals surface area contributed by atoms with E-state index < -0.39 is 0 Å². The average molecular weight is 252 g/mol. The Balaban J connectivity index is 3.63. The van der Waals surface area contributed by atoms with E-state index in [4.69, 9.17) is 10.5 Å². The Hall–Kier alpha value is 0.400. The summed E-state index contributed by atoms with van der Waals surface area (Å²) < 4.78 is 5.91. The molecule has 0 aromatic carbocycles. The quantitative estimate of drug-likeness (QED) is 0.737. The first-order valence-corrected chi connectivity index (χ1v) is 5.59. The molecular weight excluding hydrogens is 230 g/mol. The number of halogens is 1. The van der Waals surface area contributed by atoms with Gasteiger partial charge in [-0.1, -0.05) is 15.9 Å². The average Bonchev–Trinajstić information content (AvgIpc) is 1.82. The van der Waals surface area contributed by atoms with E-state index in [-0.39, 0.29) is 9.93 Å². The van der Waals surface area contributed by atoms with Gasteiger partial charge in [-0.25, -0.2) is 0 Å². The molecule has 0 aromatic rings. The van der Waals surface area contributed by atoms with Gasteiger partial charge in [-0.15, -0.1) is 0 Å². The summed E-state index contributed by atoms with van der Waals surface area (Å²) in [6.07, 6.45) is 1.93. The van der Waals surface area contributed by atoms with Crippen LogP contribution in [0.25, 0.3) is 0 Å². The molecule has 3 heteroatoms. The van der Waals surface area contributed by atoms with Crippen LogP contribution in [0.1, 0.15) is 40.5 Å². The molecule has 80 valence electrons. The van der Waals surface area contributed by atoms with Gasteiger partial charge in [0.05, 0.1) is 5.60 Å². The Kier molecular flexibility index (Phi) is 5.49. The molecule has 2 N–H and O–H groups in total. The van der Waals surface area contributed by atoms with E-state index in [1.807, 2.05) is 0 Å². The van der Waals surface area contributed by atoms with Gasteiger partial charge in [-0.3, -0.25) is 0 Å². The molecular formula is C10H22BrNO. The number of hydrogen-bond donors (Lipinski definition) is 1. The highest BCUT2D eigenvalue weighted by atomic mass is 79.9. The van der Waals surface area contributed by atoms with Gasteiger partial charge in [0.1, 0.15) is 0 Å². The zero-order chi connectivity index (χ0) is 10.5. The van der Waals surface area contributed by atoms with Gasteiger partial charge < -0.3 is 10.5 Å². The molecule has 0 spiro atoms. The summed E-state index contributed by atoms with van der Waals surface area (Å²) in [5.41, 5.74) is 5.41. The van der Waals surface area contributed by atoms with Crippen LogP contribution in [0.15, 0.2) is 0 Å². The van der Waals surface area contributed by atoms with Gasteiger partial charge >= 0.3 is 0 Å². The first-order chi connectivity index (χ1) is 5.77. The highest BCUT2D eigenvalue weighted by molar-refractivity contribution is 9.10. The lowest BCUT2D eigenvalue weighted by Gasteiger charge is -2.26. The monoisotopic (exact) mass is 251 g/mol. The molecule has 0 saturated carbocycles. The highest BCUT2D eigenvalue weighted by Gasteiger charge is 2.19. The number of alkyl halides is 1. The lowest BCUT2D eigenvalue weighted by Crippen LogP contribution is -2.29. The van der Waals surface area contributed by atoms with E-state index in [0.29, 0.717) is 6.54 Å². The highest BCUT2D eigenvalue weighted by Crippen LogP contribution is 2.22. The van der Waals surface area contributed by atoms with Crippen LogP contribution < -0.4 is 5.73 Å². The molecule has 0 saturated heterocycles. The van der Waals surface area contributed by atoms with Crippen molar-refractivity contribution in [2.75, 3.05) is 13.2 Å². The number of rotatable bonds is 6. The summed E-state index contributed by atoms with van der Waals surface area (Å²) in [4.78, 5) is 0. The predicted molar refractivity (Wildman–Crippen MR) is 61.3 cm³/mol. The Bertz CT molecular complexity index is 140. The first kappa shape index (κ1) is 13.4. The van der Waals surface area contributed by atoms with Crippen LogP contribution in [0.3, 0.4) is 0 Å². The van der Waals surface area contributed by atoms with Crippen molar-refractivity contribution in [2.24, 2.45) is 5.73 Å². The lowest BCUT2D eigenvalue weighted by molar-refractivity contribution is -0.0243. The standard InChI is InChI=1S/C10H22BrNO/c1-9(2,11)6-8-13-10(3,4)5-7-12/h5-8,12H2,1-4H3. The fraction of sp³-hybridized carbons (Fsp3) is 1.00. The van der Waals surface area contributed by atoms with Gasteiger partial charge in [0.25, 0.3) is 0 Å². The molecule has 13 heavy (non-hydrogen) atoms. The molecule has 0 fully saturated rings. The van der Waals surface area contributed by atoms with Crippen molar-refractivity contribution >= 4 is 15.9 Å². The van der Waals surface area contributed by atoms with Gasteiger partial charge in [-0.2, -0.15) is 0 Å². The Morgan fingerprint density at radius 1 is 1.15 bits per heavy atom. The van der Waals surface area contributed by atoms with Crippen molar-refractivity contribution in [3.63, 3.8) is 0 Å². The van der Waals surface area contributed by atoms with Gasteiger partial charge in [0.2, 0.25) is 0 Å². The van der Waals surface area contributed by atoms with Crippen molar-refractivity contribution in [2.45, 2.75) is 50.5 Å². The fourth-order valence-corrected chi connectivity index (χ4v) is 1.15. The second-order valence-corrected chi connectivity index (χ2v) is 6.76. The van der Waals surface area contributed by atoms with Crippen molar-refractivity contribution in [1.29, 1.82) is 0 Å². The van der Waals surface area contributed by atoms with Crippen molar-refractivity contribution in [1.82, 2.24) is 0 Å². The van der Waals surface area contributed by atoms with Crippen LogP contribution in [-0.2, 0) is 4.74 Å². The van der Waals surface area contributed by atoms with Crippen molar-refractivity contribution in [3.8, 4) is 0 Å². The van der Waals surface area contributed by atoms with Crippen molar-refractivity contribution < 1.29 is 4.74 Å². The van der Waals surface area contributed by atoms with Gasteiger partial charge in [-0.05, 0) is 47.1 Å². The molecule has 0 aromatic heterocycles. The minimum atomic E-state index is -0.0764. The zero-order valence-electron chi connectivity index (χ0n) is 9.19. The molecule has 0 aliphatic rings. The largest absolute Gasteiger partial charge is 0.375 e. The molecule has 0 aliphatic heterocycles. The predicted octanol–water partition coefficient (Wildman–Crippen LogP) is 2.69. The molecule has 0 radical (unpaired) electrons. The van der Waals surface area contributed by atoms with Gasteiger partial charge in [0.15, 0.2) is 0 Å². The summed E-state index contributed by atoms with van der Waals surface area (Å²) in [7, 11) is 0. The Labute approximate surface area is 90.3 Å². The van der Waals surface area contributed by atoms with E-state index in [1.165, 1.54) is 0 Å². The summed E-state index contributed by atoms with van der Waals surface area (Å²) >= 11 is 3.58. The second kappa shape index (κ2) is 5.32. The molecule has 2 nitrogen and oxygen atoms in total. The Morgan fingerprint density at radius 2 is 1.69 bits per heavy atom. The smallest absolute Gasteiger partial charge is 0.0638 e. The summed E-state index contributed by atoms with van der Waals surface area (Å²) in [6, 6.07) is 0. The minimum absolute atomic E-state index is 0.0764. The molecule has 0 bridgehead atoms. The summed E-state index contributed by atoms with van der Waals surface area (Å²) in [5, 5.41) is 0. The second-order valence-electron chi connectivity index (χ2n) is 4.62. The van der Waals surface area contributed by atoms with Crippen molar-refractivity contribution in [3.05, 3.63) is 0 Å². The topological polar surface area (TPSA) is 35.2 Å². The van der Waals surface area contributed by atoms with Gasteiger partial charge in [0, 0.05) is 10.9 Å². The van der Waals surface area contributed by atoms with E-state index in [0.717, 1.165) is 19.4 Å². The van der Waals surface area contributed by atoms with E-state index in [1.54, 1.807) is 0 Å². The molecule has 0 aliphatic carbocycles. The van der Waals surface area contributed by atoms with E-state index in [9.17, 15) is 0 Å². The SMILES string of the molecule is CC(C)(Br)CCOC(C)(C)CCN. The first-order valence-electron chi connectivity index (χ1n) is 4.80. The Morgan fingerprint density at radius 3 is 2.08 bits per heavy atom. The normalized spacial score (nSPS) is 13.4. The maximum Gasteiger partial charge on any atom is 0.0638 e. The number of hydrogen-bond acceptors (Lipinski definition) is 2. The molecule has 0 unspecified atom stereocenters. The molecule has 0 heterocycles. The molecule has 0 rings (SSSR count). The summed E-state index contributed by atoms with van der Waals surface area (Å²) in [6.45, 7) is 9.93. The number of nitrogens with two attached hydrogens (primary N) is 1. The maximum absolute atomic E-state index is 5.74. The van der Waals surface area contributed by atoms with Crippen LogP contribution >= 0.6 is 15.9 Å². The van der Waals surface area contributed by atoms with Crippen LogP contribution in [0.4, 0.5) is 0 Å². The third kappa shape index (κ3) is 8.72. The van der Waals surface area contributed by atoms with Crippen LogP contribution in [-0.4, -0.2) is 23.1 Å². The van der Waals surface area contributed by atoms with Crippen LogP contribution in [0, 0.1) is 0 Å². The third-order valence-corrected chi connectivity index (χ3v) is 2.33. The third-order valence-electron chi connectivity index (χ3n) is 1.94. The van der Waals surface area contributed by atoms with Crippen LogP contribution in [0.2, 0.25) is 0 Å². The van der Waals surface area contributed by atoms with Crippen LogP contribution in [0.5, 0.6) is 0 Å². The maximum atomic E-state index is 5.74. The molecule has 0 amide bonds. The fourth-order valence-electron chi connectivity index (χ4n) is 0.990. The van der Waals surface area contributed by atoms with E-state index in [2.05, 4.69) is 43.6 Å². The number of ether oxygens (including phenoxy) is 1. The lowest BCUT2D eigenvalue weighted by atomic mass is 10.1. The minimum Gasteiger partial charge on any atom is -0.375 e. The zero-order valence-corrected chi connectivity index (χ0v) is 10.8. The van der Waals surface area contributed by atoms with E-state index >= 15 is 0 Å². The summed E-state index contributed by atoms with van der Waals surface area (Å²) in [5.74, 6) is 0.